The molecule has 1 aromatic heterocycles. The van der Waals surface area contributed by atoms with Crippen molar-refractivity contribution in [1.82, 2.24) is 5.32 Å². The van der Waals surface area contributed by atoms with Gasteiger partial charge in [-0.1, -0.05) is 6.92 Å². The molecule has 1 heterocycles. The van der Waals surface area contributed by atoms with Crippen LogP contribution in [0.3, 0.4) is 0 Å². The van der Waals surface area contributed by atoms with Crippen LogP contribution in [0.4, 0.5) is 10.1 Å². The van der Waals surface area contributed by atoms with Crippen LogP contribution in [-0.2, 0) is 16.6 Å². The fraction of sp³-hybridized carbons (Fsp3) is 0.286. The van der Waals surface area contributed by atoms with Gasteiger partial charge in [0.2, 0.25) is 0 Å². The van der Waals surface area contributed by atoms with Crippen molar-refractivity contribution < 1.29 is 12.8 Å². The molecule has 21 heavy (non-hydrogen) atoms. The molecule has 1 aromatic carbocycles. The highest BCUT2D eigenvalue weighted by Gasteiger charge is 2.16. The molecule has 0 aliphatic carbocycles. The molecule has 0 aliphatic rings. The number of rotatable bonds is 7. The van der Waals surface area contributed by atoms with Crippen molar-refractivity contribution in [2.75, 3.05) is 11.3 Å². The third kappa shape index (κ3) is 4.52. The first-order valence-corrected chi connectivity index (χ1v) is 8.94. The van der Waals surface area contributed by atoms with Crippen molar-refractivity contribution in [3.8, 4) is 0 Å². The summed E-state index contributed by atoms with van der Waals surface area (Å²) in [5.74, 6) is -0.404. The molecule has 7 heteroatoms. The normalized spacial score (nSPS) is 11.5. The second-order valence-corrected chi connectivity index (χ2v) is 7.38. The molecule has 0 unspecified atom stereocenters. The number of thiophene rings is 1. The first-order chi connectivity index (χ1) is 10.0. The van der Waals surface area contributed by atoms with E-state index in [1.807, 2.05) is 5.38 Å². The molecule has 2 aromatic rings. The van der Waals surface area contributed by atoms with Crippen LogP contribution in [0.1, 0.15) is 18.9 Å². The predicted molar refractivity (Wildman–Crippen MR) is 83.5 cm³/mol. The maximum Gasteiger partial charge on any atom is 0.271 e. The highest BCUT2D eigenvalue weighted by Crippen LogP contribution is 2.23. The van der Waals surface area contributed by atoms with E-state index in [0.29, 0.717) is 12.2 Å². The number of nitrogens with one attached hydrogen (secondary N) is 2. The third-order valence-corrected chi connectivity index (χ3v) is 5.62. The van der Waals surface area contributed by atoms with Gasteiger partial charge in [0.15, 0.2) is 0 Å². The van der Waals surface area contributed by atoms with Gasteiger partial charge in [0.05, 0.1) is 0 Å². The molecule has 4 nitrogen and oxygen atoms in total. The highest BCUT2D eigenvalue weighted by atomic mass is 32.2. The fourth-order valence-electron chi connectivity index (χ4n) is 1.72. The first-order valence-electron chi connectivity index (χ1n) is 6.58. The number of hydrogen-bond donors (Lipinski definition) is 2. The largest absolute Gasteiger partial charge is 0.313 e. The molecule has 0 spiro atoms. The van der Waals surface area contributed by atoms with Gasteiger partial charge in [-0.2, -0.15) is 0 Å². The maximum absolute atomic E-state index is 12.8. The van der Waals surface area contributed by atoms with Crippen LogP contribution in [0.2, 0.25) is 0 Å². The summed E-state index contributed by atoms with van der Waals surface area (Å²) >= 11 is 1.17. The molecular formula is C14H17FN2O2S2. The summed E-state index contributed by atoms with van der Waals surface area (Å²) in [5.41, 5.74) is 1.28. The SMILES string of the molecule is CCCNCc1csc(S(=O)(=O)Nc2ccc(F)cc2)c1. The number of anilines is 1. The maximum atomic E-state index is 12.8. The Morgan fingerprint density at radius 3 is 2.62 bits per heavy atom. The van der Waals surface area contributed by atoms with Gasteiger partial charge in [-0.3, -0.25) is 4.72 Å². The number of halogens is 1. The topological polar surface area (TPSA) is 58.2 Å². The minimum atomic E-state index is -3.62. The third-order valence-electron chi connectivity index (χ3n) is 2.75. The Hall–Kier alpha value is -1.44. The van der Waals surface area contributed by atoms with Crippen molar-refractivity contribution >= 4 is 27.0 Å². The quantitative estimate of drug-likeness (QED) is 0.768. The van der Waals surface area contributed by atoms with Crippen LogP contribution >= 0.6 is 11.3 Å². The summed E-state index contributed by atoms with van der Waals surface area (Å²) in [7, 11) is -3.62. The zero-order chi connectivity index (χ0) is 15.3. The summed E-state index contributed by atoms with van der Waals surface area (Å²) in [5, 5.41) is 5.04. The second-order valence-electron chi connectivity index (χ2n) is 4.56. The molecule has 114 valence electrons. The lowest BCUT2D eigenvalue weighted by molar-refractivity contribution is 0.602. The van der Waals surface area contributed by atoms with Gasteiger partial charge in [-0.15, -0.1) is 11.3 Å². The predicted octanol–water partition coefficient (Wildman–Crippen LogP) is 3.19. The summed E-state index contributed by atoms with van der Waals surface area (Å²) in [4.78, 5) is 0. The van der Waals surface area contributed by atoms with Crippen molar-refractivity contribution in [1.29, 1.82) is 0 Å². The van der Waals surface area contributed by atoms with E-state index in [2.05, 4.69) is 17.0 Å². The standard InChI is InChI=1S/C14H17FN2O2S2/c1-2-7-16-9-11-8-14(20-10-11)21(18,19)17-13-5-3-12(15)4-6-13/h3-6,8,10,16-17H,2,7,9H2,1H3. The van der Waals surface area contributed by atoms with Gasteiger partial charge in [0, 0.05) is 12.2 Å². The van der Waals surface area contributed by atoms with Gasteiger partial charge in [0.1, 0.15) is 10.0 Å². The molecule has 0 fully saturated rings. The molecule has 0 saturated carbocycles. The van der Waals surface area contributed by atoms with E-state index < -0.39 is 15.8 Å². The zero-order valence-corrected chi connectivity index (χ0v) is 13.2. The van der Waals surface area contributed by atoms with Gasteiger partial charge in [-0.25, -0.2) is 12.8 Å². The smallest absolute Gasteiger partial charge is 0.271 e. The zero-order valence-electron chi connectivity index (χ0n) is 11.6. The van der Waals surface area contributed by atoms with E-state index in [-0.39, 0.29) is 4.21 Å². The van der Waals surface area contributed by atoms with Gasteiger partial charge in [0.25, 0.3) is 10.0 Å². The van der Waals surface area contributed by atoms with E-state index in [0.717, 1.165) is 18.5 Å². The van der Waals surface area contributed by atoms with Crippen molar-refractivity contribution in [3.05, 3.63) is 47.1 Å². The molecule has 0 saturated heterocycles. The van der Waals surface area contributed by atoms with Crippen LogP contribution in [0.5, 0.6) is 0 Å². The lowest BCUT2D eigenvalue weighted by Crippen LogP contribution is -2.13. The molecule has 0 atom stereocenters. The van der Waals surface area contributed by atoms with Crippen LogP contribution < -0.4 is 10.0 Å². The van der Waals surface area contributed by atoms with Crippen molar-refractivity contribution in [3.63, 3.8) is 0 Å². The Morgan fingerprint density at radius 2 is 1.95 bits per heavy atom. The van der Waals surface area contributed by atoms with Crippen LogP contribution in [0.25, 0.3) is 0 Å². The number of hydrogen-bond acceptors (Lipinski definition) is 4. The molecule has 0 bridgehead atoms. The van der Waals surface area contributed by atoms with Crippen molar-refractivity contribution in [2.24, 2.45) is 0 Å². The summed E-state index contributed by atoms with van der Waals surface area (Å²) in [6.07, 6.45) is 1.03. The summed E-state index contributed by atoms with van der Waals surface area (Å²) in [6.45, 7) is 3.62. The molecule has 0 aliphatic heterocycles. The van der Waals surface area contributed by atoms with Crippen LogP contribution in [0.15, 0.2) is 39.9 Å². The second kappa shape index (κ2) is 7.02. The van der Waals surface area contributed by atoms with Crippen molar-refractivity contribution in [2.45, 2.75) is 24.1 Å². The van der Waals surface area contributed by atoms with E-state index >= 15 is 0 Å². The highest BCUT2D eigenvalue weighted by molar-refractivity contribution is 7.94. The minimum Gasteiger partial charge on any atom is -0.313 e. The van der Waals surface area contributed by atoms with Gasteiger partial charge < -0.3 is 5.32 Å². The summed E-state index contributed by atoms with van der Waals surface area (Å²) < 4.78 is 39.9. The lowest BCUT2D eigenvalue weighted by atomic mass is 10.3. The minimum absolute atomic E-state index is 0.250. The van der Waals surface area contributed by atoms with E-state index in [9.17, 15) is 12.8 Å². The van der Waals surface area contributed by atoms with E-state index in [4.69, 9.17) is 0 Å². The van der Waals surface area contributed by atoms with Gasteiger partial charge in [-0.05, 0) is 54.2 Å². The first kappa shape index (κ1) is 15.9. The van der Waals surface area contributed by atoms with E-state index in [1.54, 1.807) is 6.07 Å². The van der Waals surface area contributed by atoms with Gasteiger partial charge >= 0.3 is 0 Å². The summed E-state index contributed by atoms with van der Waals surface area (Å²) in [6, 6.07) is 6.87. The number of benzene rings is 1. The van der Waals surface area contributed by atoms with Crippen LogP contribution in [0, 0.1) is 5.82 Å². The number of sulfonamides is 1. The molecule has 0 radical (unpaired) electrons. The molecule has 2 rings (SSSR count). The van der Waals surface area contributed by atoms with E-state index in [1.165, 1.54) is 35.6 Å². The molecular weight excluding hydrogens is 311 g/mol. The Bertz CT molecular complexity index is 681. The molecule has 0 amide bonds. The Morgan fingerprint density at radius 1 is 1.24 bits per heavy atom. The van der Waals surface area contributed by atoms with Crippen LogP contribution in [-0.4, -0.2) is 15.0 Å². The Labute approximate surface area is 128 Å². The lowest BCUT2D eigenvalue weighted by Gasteiger charge is -2.05. The molecule has 2 N–H and O–H groups in total. The Balaban J connectivity index is 2.07. The fourth-order valence-corrected chi connectivity index (χ4v) is 3.99. The average Bonchev–Trinajstić information content (AvgIpc) is 2.91. The monoisotopic (exact) mass is 328 g/mol. The Kier molecular flexibility index (Phi) is 5.33. The average molecular weight is 328 g/mol.